The highest BCUT2D eigenvalue weighted by Crippen LogP contribution is 2.32. The number of carbonyl (C=O) groups is 2. The lowest BCUT2D eigenvalue weighted by Gasteiger charge is -2.19. The zero-order valence-electron chi connectivity index (χ0n) is 22.7. The van der Waals surface area contributed by atoms with Crippen LogP contribution in [-0.4, -0.2) is 84.7 Å². The van der Waals surface area contributed by atoms with E-state index in [2.05, 4.69) is 43.0 Å². The molecule has 12 nitrogen and oxygen atoms in total. The van der Waals surface area contributed by atoms with Gasteiger partial charge >= 0.3 is 6.16 Å². The predicted octanol–water partition coefficient (Wildman–Crippen LogP) is 3.86. The SMILES string of the molecule is CCN(CCNC)CCC(=O)Nc1cc(Nc2cc(-c3cc(Cl)ccc3F)nnc2OCC2COC(=O)O2)ccn1. The molecular formula is C27H31ClFN7O5. The molecule has 1 atom stereocenters. The van der Waals surface area contributed by atoms with E-state index in [0.717, 1.165) is 19.6 Å². The summed E-state index contributed by atoms with van der Waals surface area (Å²) in [6.45, 7) is 5.20. The number of aromatic nitrogens is 3. The Morgan fingerprint density at radius 3 is 2.83 bits per heavy atom. The number of hydrogen-bond donors (Lipinski definition) is 3. The number of amides is 1. The standard InChI is InChI=1S/C27H31ClFN7O5/c1-3-36(11-9-30-2)10-7-25(37)33-24-13-18(6-8-31-24)32-23-14-22(20-12-17(28)4-5-21(20)29)34-35-26(23)39-15-19-16-40-27(38)41-19/h4-6,8,12-14,19,30H,3,7,9-11,15-16H2,1-2H3,(H2,31,32,33,34,37). The zero-order valence-corrected chi connectivity index (χ0v) is 23.4. The van der Waals surface area contributed by atoms with Crippen LogP contribution in [0.15, 0.2) is 42.6 Å². The smallest absolute Gasteiger partial charge is 0.471 e. The average molecular weight is 588 g/mol. The minimum Gasteiger partial charge on any atom is -0.471 e. The molecule has 4 rings (SSSR count). The van der Waals surface area contributed by atoms with Crippen LogP contribution in [0.25, 0.3) is 11.3 Å². The molecule has 0 saturated carbocycles. The summed E-state index contributed by atoms with van der Waals surface area (Å²) in [5, 5.41) is 17.6. The number of halogens is 2. The number of benzene rings is 1. The molecule has 0 bridgehead atoms. The van der Waals surface area contributed by atoms with Crippen LogP contribution in [0.5, 0.6) is 5.88 Å². The molecule has 1 unspecified atom stereocenters. The van der Waals surface area contributed by atoms with E-state index in [9.17, 15) is 14.0 Å². The number of nitrogens with zero attached hydrogens (tertiary/aromatic N) is 4. The van der Waals surface area contributed by atoms with Crippen molar-refractivity contribution in [2.75, 3.05) is 57.1 Å². The van der Waals surface area contributed by atoms with E-state index in [0.29, 0.717) is 35.2 Å². The van der Waals surface area contributed by atoms with Crippen LogP contribution in [0.3, 0.4) is 0 Å². The summed E-state index contributed by atoms with van der Waals surface area (Å²) in [4.78, 5) is 30.2. The third-order valence-corrected chi connectivity index (χ3v) is 6.34. The van der Waals surface area contributed by atoms with Crippen molar-refractivity contribution in [3.63, 3.8) is 0 Å². The lowest BCUT2D eigenvalue weighted by Crippen LogP contribution is -2.33. The molecule has 0 spiro atoms. The van der Waals surface area contributed by atoms with Gasteiger partial charge in [0.15, 0.2) is 6.10 Å². The van der Waals surface area contributed by atoms with Gasteiger partial charge in [0.25, 0.3) is 5.88 Å². The number of ether oxygens (including phenoxy) is 3. The molecule has 1 aliphatic rings. The Kier molecular flexibility index (Phi) is 10.6. The first-order valence-corrected chi connectivity index (χ1v) is 13.4. The van der Waals surface area contributed by atoms with Gasteiger partial charge in [-0.25, -0.2) is 14.2 Å². The van der Waals surface area contributed by atoms with E-state index in [1.54, 1.807) is 18.2 Å². The highest BCUT2D eigenvalue weighted by molar-refractivity contribution is 6.30. The van der Waals surface area contributed by atoms with Crippen LogP contribution in [-0.2, 0) is 14.3 Å². The number of nitrogens with one attached hydrogen (secondary N) is 3. The van der Waals surface area contributed by atoms with E-state index >= 15 is 0 Å². The Hall–Kier alpha value is -4.07. The number of likely N-dealkylation sites (N-methyl/N-ethyl adjacent to an activating group) is 2. The van der Waals surface area contributed by atoms with Crippen molar-refractivity contribution in [3.8, 4) is 17.1 Å². The molecule has 14 heteroatoms. The third-order valence-electron chi connectivity index (χ3n) is 6.11. The highest BCUT2D eigenvalue weighted by Gasteiger charge is 2.26. The van der Waals surface area contributed by atoms with Crippen LogP contribution in [0.4, 0.5) is 26.4 Å². The minimum atomic E-state index is -0.776. The van der Waals surface area contributed by atoms with Crippen molar-refractivity contribution in [2.24, 2.45) is 0 Å². The molecular weight excluding hydrogens is 557 g/mol. The van der Waals surface area contributed by atoms with Crippen LogP contribution < -0.4 is 20.7 Å². The van der Waals surface area contributed by atoms with Crippen molar-refractivity contribution in [2.45, 2.75) is 19.4 Å². The van der Waals surface area contributed by atoms with Crippen LogP contribution in [0.2, 0.25) is 5.02 Å². The molecule has 1 amide bonds. The molecule has 3 aromatic rings. The second-order valence-electron chi connectivity index (χ2n) is 9.08. The van der Waals surface area contributed by atoms with E-state index in [4.69, 9.17) is 25.8 Å². The maximum absolute atomic E-state index is 14.6. The van der Waals surface area contributed by atoms with E-state index < -0.39 is 18.1 Å². The van der Waals surface area contributed by atoms with Gasteiger partial charge in [0.1, 0.15) is 30.5 Å². The Labute approximate surface area is 241 Å². The fourth-order valence-corrected chi connectivity index (χ4v) is 4.09. The minimum absolute atomic E-state index is 0.0410. The molecule has 0 radical (unpaired) electrons. The lowest BCUT2D eigenvalue weighted by molar-refractivity contribution is -0.116. The third kappa shape index (κ3) is 8.71. The molecule has 1 saturated heterocycles. The van der Waals surface area contributed by atoms with Crippen molar-refractivity contribution in [3.05, 3.63) is 53.4 Å². The summed E-state index contributed by atoms with van der Waals surface area (Å²) >= 11 is 6.08. The molecule has 1 aliphatic heterocycles. The number of cyclic esters (lactones) is 2. The Balaban J connectivity index is 1.50. The molecule has 0 aliphatic carbocycles. The first-order chi connectivity index (χ1) is 19.8. The number of carbonyl (C=O) groups excluding carboxylic acids is 2. The fourth-order valence-electron chi connectivity index (χ4n) is 3.92. The topological polar surface area (TPSA) is 140 Å². The first-order valence-electron chi connectivity index (χ1n) is 13.0. The molecule has 3 N–H and O–H groups in total. The number of hydrogen-bond acceptors (Lipinski definition) is 11. The number of rotatable bonds is 14. The van der Waals surface area contributed by atoms with E-state index in [-0.39, 0.29) is 36.3 Å². The summed E-state index contributed by atoms with van der Waals surface area (Å²) in [7, 11) is 1.89. The molecule has 1 fully saturated rings. The summed E-state index contributed by atoms with van der Waals surface area (Å²) in [6.07, 6.45) is 0.451. The van der Waals surface area contributed by atoms with Gasteiger partial charge in [-0.2, -0.15) is 0 Å². The van der Waals surface area contributed by atoms with Gasteiger partial charge in [0.2, 0.25) is 5.91 Å². The molecule has 2 aromatic heterocycles. The van der Waals surface area contributed by atoms with Gasteiger partial charge in [0.05, 0.1) is 5.69 Å². The zero-order chi connectivity index (χ0) is 29.2. The summed E-state index contributed by atoms with van der Waals surface area (Å²) in [6, 6.07) is 9.00. The largest absolute Gasteiger partial charge is 0.508 e. The van der Waals surface area contributed by atoms with Gasteiger partial charge in [-0.05, 0) is 43.9 Å². The van der Waals surface area contributed by atoms with Crippen molar-refractivity contribution in [1.82, 2.24) is 25.4 Å². The van der Waals surface area contributed by atoms with E-state index in [1.807, 2.05) is 7.05 Å². The Morgan fingerprint density at radius 2 is 2.07 bits per heavy atom. The van der Waals surface area contributed by atoms with Gasteiger partial charge in [0, 0.05) is 54.6 Å². The number of pyridine rings is 1. The first kappa shape index (κ1) is 29.9. The maximum atomic E-state index is 14.6. The fraction of sp³-hybridized carbons (Fsp3) is 0.370. The van der Waals surface area contributed by atoms with E-state index in [1.165, 1.54) is 24.4 Å². The van der Waals surface area contributed by atoms with Crippen LogP contribution in [0.1, 0.15) is 13.3 Å². The van der Waals surface area contributed by atoms with Gasteiger partial charge < -0.3 is 35.1 Å². The van der Waals surface area contributed by atoms with Gasteiger partial charge in [-0.3, -0.25) is 4.79 Å². The summed E-state index contributed by atoms with van der Waals surface area (Å²) < 4.78 is 30.1. The Bertz CT molecular complexity index is 1370. The van der Waals surface area contributed by atoms with Crippen LogP contribution in [0, 0.1) is 5.82 Å². The quantitative estimate of drug-likeness (QED) is 0.237. The highest BCUT2D eigenvalue weighted by atomic mass is 35.5. The lowest BCUT2D eigenvalue weighted by atomic mass is 10.1. The molecule has 1 aromatic carbocycles. The normalized spacial score (nSPS) is 14.5. The number of anilines is 3. The second-order valence-corrected chi connectivity index (χ2v) is 9.51. The second kappa shape index (κ2) is 14.5. The van der Waals surface area contributed by atoms with Gasteiger partial charge in [-0.15, -0.1) is 10.2 Å². The monoisotopic (exact) mass is 587 g/mol. The molecule has 41 heavy (non-hydrogen) atoms. The molecule has 218 valence electrons. The van der Waals surface area contributed by atoms with Crippen LogP contribution >= 0.6 is 11.6 Å². The average Bonchev–Trinajstić information content (AvgIpc) is 3.38. The van der Waals surface area contributed by atoms with Crippen molar-refractivity contribution >= 4 is 40.9 Å². The maximum Gasteiger partial charge on any atom is 0.508 e. The Morgan fingerprint density at radius 1 is 1.22 bits per heavy atom. The molecule has 3 heterocycles. The van der Waals surface area contributed by atoms with Crippen molar-refractivity contribution in [1.29, 1.82) is 0 Å². The predicted molar refractivity (Wildman–Crippen MR) is 151 cm³/mol. The van der Waals surface area contributed by atoms with Gasteiger partial charge in [-0.1, -0.05) is 18.5 Å². The summed E-state index contributed by atoms with van der Waals surface area (Å²) in [5.74, 6) is -0.277. The summed E-state index contributed by atoms with van der Waals surface area (Å²) in [5.41, 5.74) is 1.24. The van der Waals surface area contributed by atoms with Crippen molar-refractivity contribution < 1.29 is 28.2 Å².